The first-order valence-electron chi connectivity index (χ1n) is 3.70. The first kappa shape index (κ1) is 11.1. The molecule has 0 aromatic heterocycles. The zero-order chi connectivity index (χ0) is 10.9. The van der Waals surface area contributed by atoms with Gasteiger partial charge < -0.3 is 21.7 Å². The summed E-state index contributed by atoms with van der Waals surface area (Å²) in [6.45, 7) is 0. The normalized spacial score (nSPS) is 12.4. The van der Waals surface area contributed by atoms with Gasteiger partial charge in [-0.3, -0.25) is 4.79 Å². The summed E-state index contributed by atoms with van der Waals surface area (Å²) in [6.07, 6.45) is 0. The molecule has 1 unspecified atom stereocenters. The van der Waals surface area contributed by atoms with Crippen LogP contribution in [0.5, 0.6) is 5.75 Å². The number of benzene rings is 1. The fourth-order valence-corrected chi connectivity index (χ4v) is 1.42. The Morgan fingerprint density at radius 1 is 1.50 bits per heavy atom. The number of hydrogen-bond donors (Lipinski definition) is 4. The Morgan fingerprint density at radius 2 is 2.07 bits per heavy atom. The molecule has 0 saturated carbocycles. The van der Waals surface area contributed by atoms with Crippen molar-refractivity contribution in [3.05, 3.63) is 21.3 Å². The maximum Gasteiger partial charge on any atom is 0.325 e. The number of halogens is 1. The highest BCUT2D eigenvalue weighted by atomic mass is 127. The maximum atomic E-state index is 10.6. The van der Waals surface area contributed by atoms with E-state index in [0.29, 0.717) is 3.57 Å². The third-order valence-electron chi connectivity index (χ3n) is 1.80. The molecule has 5 nitrogen and oxygen atoms in total. The van der Waals surface area contributed by atoms with Crippen LogP contribution >= 0.6 is 22.6 Å². The summed E-state index contributed by atoms with van der Waals surface area (Å²) in [5.74, 6) is -1.47. The van der Waals surface area contributed by atoms with E-state index >= 15 is 0 Å². The summed E-state index contributed by atoms with van der Waals surface area (Å²) in [4.78, 5) is 10.6. The number of carboxylic acids is 1. The Morgan fingerprint density at radius 3 is 2.57 bits per heavy atom. The average molecular weight is 308 g/mol. The number of nitrogen functional groups attached to an aromatic ring is 1. The van der Waals surface area contributed by atoms with Crippen LogP contribution in [0.1, 0.15) is 11.6 Å². The van der Waals surface area contributed by atoms with E-state index in [9.17, 15) is 9.90 Å². The monoisotopic (exact) mass is 308 g/mol. The summed E-state index contributed by atoms with van der Waals surface area (Å²) in [5.41, 5.74) is 11.1. The van der Waals surface area contributed by atoms with Crippen molar-refractivity contribution in [3.8, 4) is 5.75 Å². The highest BCUT2D eigenvalue weighted by Gasteiger charge is 2.20. The van der Waals surface area contributed by atoms with Crippen molar-refractivity contribution in [3.63, 3.8) is 0 Å². The molecule has 0 fully saturated rings. The summed E-state index contributed by atoms with van der Waals surface area (Å²) in [6, 6.07) is 1.80. The van der Waals surface area contributed by atoms with Gasteiger partial charge >= 0.3 is 5.97 Å². The smallest absolute Gasteiger partial charge is 0.325 e. The van der Waals surface area contributed by atoms with Crippen LogP contribution in [0, 0.1) is 3.57 Å². The molecule has 0 saturated heterocycles. The van der Waals surface area contributed by atoms with Gasteiger partial charge in [0.25, 0.3) is 0 Å². The largest absolute Gasteiger partial charge is 0.505 e. The van der Waals surface area contributed by atoms with Gasteiger partial charge in [0.1, 0.15) is 11.8 Å². The molecule has 0 aliphatic rings. The lowest BCUT2D eigenvalue weighted by Crippen LogP contribution is -2.21. The van der Waals surface area contributed by atoms with Crippen molar-refractivity contribution in [2.75, 3.05) is 5.73 Å². The van der Waals surface area contributed by atoms with E-state index in [-0.39, 0.29) is 17.0 Å². The number of phenols is 1. The number of carbonyl (C=O) groups is 1. The minimum absolute atomic E-state index is 0.121. The van der Waals surface area contributed by atoms with Crippen LogP contribution in [0.3, 0.4) is 0 Å². The number of aliphatic carboxylic acids is 1. The van der Waals surface area contributed by atoms with Crippen LogP contribution in [-0.2, 0) is 4.79 Å². The van der Waals surface area contributed by atoms with Crippen molar-refractivity contribution < 1.29 is 15.0 Å². The summed E-state index contributed by atoms with van der Waals surface area (Å²) in [7, 11) is 0. The van der Waals surface area contributed by atoms with E-state index in [1.54, 1.807) is 6.07 Å². The fraction of sp³-hybridized carbons (Fsp3) is 0.125. The summed E-state index contributed by atoms with van der Waals surface area (Å²) < 4.78 is 0.654. The SMILES string of the molecule is Nc1c(I)ccc(C(N)C(=O)O)c1O. The number of nitrogens with two attached hydrogens (primary N) is 2. The molecule has 1 rings (SSSR count). The Balaban J connectivity index is 3.24. The minimum Gasteiger partial charge on any atom is -0.505 e. The first-order chi connectivity index (χ1) is 6.45. The molecule has 0 aliphatic heterocycles. The molecule has 0 aliphatic carbocycles. The molecule has 0 radical (unpaired) electrons. The molecule has 1 aromatic carbocycles. The lowest BCUT2D eigenvalue weighted by Gasteiger charge is -2.11. The third-order valence-corrected chi connectivity index (χ3v) is 2.74. The van der Waals surface area contributed by atoms with Gasteiger partial charge in [0, 0.05) is 9.13 Å². The molecule has 0 amide bonds. The lowest BCUT2D eigenvalue weighted by atomic mass is 10.1. The Bertz CT molecular complexity index is 381. The van der Waals surface area contributed by atoms with Crippen molar-refractivity contribution in [1.82, 2.24) is 0 Å². The zero-order valence-electron chi connectivity index (χ0n) is 7.07. The second kappa shape index (κ2) is 4.01. The molecule has 1 atom stereocenters. The number of aromatic hydroxyl groups is 1. The van der Waals surface area contributed by atoms with Gasteiger partial charge in [-0.15, -0.1) is 0 Å². The second-order valence-electron chi connectivity index (χ2n) is 2.71. The molecular weight excluding hydrogens is 299 g/mol. The lowest BCUT2D eigenvalue weighted by molar-refractivity contribution is -0.138. The molecule has 6 heteroatoms. The van der Waals surface area contributed by atoms with Crippen molar-refractivity contribution >= 4 is 34.2 Å². The van der Waals surface area contributed by atoms with Gasteiger partial charge in [-0.05, 0) is 28.7 Å². The molecule has 1 aromatic rings. The highest BCUT2D eigenvalue weighted by molar-refractivity contribution is 14.1. The van der Waals surface area contributed by atoms with Gasteiger partial charge in [0.05, 0.1) is 5.69 Å². The Kier molecular flexibility index (Phi) is 3.17. The number of anilines is 1. The van der Waals surface area contributed by atoms with E-state index in [1.807, 2.05) is 22.6 Å². The highest BCUT2D eigenvalue weighted by Crippen LogP contribution is 2.32. The van der Waals surface area contributed by atoms with Gasteiger partial charge in [0.2, 0.25) is 0 Å². The first-order valence-corrected chi connectivity index (χ1v) is 4.78. The number of hydrogen-bond acceptors (Lipinski definition) is 4. The van der Waals surface area contributed by atoms with Crippen molar-refractivity contribution in [1.29, 1.82) is 0 Å². The quantitative estimate of drug-likeness (QED) is 0.364. The predicted octanol–water partition coefficient (Wildman–Crippen LogP) is 0.663. The Hall–Kier alpha value is -1.02. The number of carboxylic acid groups (broad SMARTS) is 1. The summed E-state index contributed by atoms with van der Waals surface area (Å²) >= 11 is 1.93. The molecule has 0 spiro atoms. The maximum absolute atomic E-state index is 10.6. The molecular formula is C8H9IN2O3. The van der Waals surface area contributed by atoms with E-state index in [4.69, 9.17) is 16.6 Å². The average Bonchev–Trinajstić information content (AvgIpc) is 2.13. The van der Waals surface area contributed by atoms with Gasteiger partial charge in [-0.25, -0.2) is 0 Å². The van der Waals surface area contributed by atoms with Crippen LogP contribution in [0.4, 0.5) is 5.69 Å². The van der Waals surface area contributed by atoms with Crippen LogP contribution in [0.2, 0.25) is 0 Å². The number of phenolic OH excluding ortho intramolecular Hbond substituents is 1. The molecule has 0 bridgehead atoms. The van der Waals surface area contributed by atoms with Crippen molar-refractivity contribution in [2.45, 2.75) is 6.04 Å². The fourth-order valence-electron chi connectivity index (χ4n) is 0.984. The van der Waals surface area contributed by atoms with E-state index in [2.05, 4.69) is 0 Å². The van der Waals surface area contributed by atoms with Crippen LogP contribution in [0.25, 0.3) is 0 Å². The topological polar surface area (TPSA) is 110 Å². The zero-order valence-corrected chi connectivity index (χ0v) is 9.22. The molecule has 0 heterocycles. The molecule has 14 heavy (non-hydrogen) atoms. The standard InChI is InChI=1S/C8H9IN2O3/c9-4-2-1-3(5(10)8(13)14)7(12)6(4)11/h1-2,5,12H,10-11H2,(H,13,14). The van der Waals surface area contributed by atoms with Gasteiger partial charge in [0.15, 0.2) is 0 Å². The summed E-state index contributed by atoms with van der Waals surface area (Å²) in [5, 5.41) is 18.2. The van der Waals surface area contributed by atoms with Crippen LogP contribution in [0.15, 0.2) is 12.1 Å². The third kappa shape index (κ3) is 1.90. The minimum atomic E-state index is -1.26. The van der Waals surface area contributed by atoms with Gasteiger partial charge in [-0.2, -0.15) is 0 Å². The van der Waals surface area contributed by atoms with E-state index < -0.39 is 12.0 Å². The predicted molar refractivity (Wildman–Crippen MR) is 59.8 cm³/mol. The molecule has 76 valence electrons. The second-order valence-corrected chi connectivity index (χ2v) is 3.88. The number of rotatable bonds is 2. The van der Waals surface area contributed by atoms with Gasteiger partial charge in [-0.1, -0.05) is 6.07 Å². The van der Waals surface area contributed by atoms with Crippen LogP contribution < -0.4 is 11.5 Å². The van der Waals surface area contributed by atoms with E-state index in [1.165, 1.54) is 6.07 Å². The van der Waals surface area contributed by atoms with E-state index in [0.717, 1.165) is 0 Å². The molecule has 6 N–H and O–H groups in total. The Labute approximate surface area is 93.9 Å². The van der Waals surface area contributed by atoms with Crippen LogP contribution in [-0.4, -0.2) is 16.2 Å². The van der Waals surface area contributed by atoms with Crippen molar-refractivity contribution in [2.24, 2.45) is 5.73 Å².